The molecule has 128 valence electrons. The normalized spacial score (nSPS) is 16.3. The summed E-state index contributed by atoms with van der Waals surface area (Å²) in [6.45, 7) is 1.03. The van der Waals surface area contributed by atoms with Crippen LogP contribution < -0.4 is 10.3 Å². The molecule has 0 spiro atoms. The molecule has 2 rings (SSSR count). The number of hydrogen-bond donors (Lipinski definition) is 2. The zero-order valence-corrected chi connectivity index (χ0v) is 14.3. The van der Waals surface area contributed by atoms with E-state index in [2.05, 4.69) is 0 Å². The quantitative estimate of drug-likeness (QED) is 0.601. The molecule has 0 aliphatic carbocycles. The van der Waals surface area contributed by atoms with Gasteiger partial charge >= 0.3 is 0 Å². The summed E-state index contributed by atoms with van der Waals surface area (Å²) >= 11 is 11.3. The highest BCUT2D eigenvalue weighted by atomic mass is 35.5. The van der Waals surface area contributed by atoms with Crippen LogP contribution in [-0.4, -0.2) is 33.3 Å². The predicted octanol–water partition coefficient (Wildman–Crippen LogP) is 2.12. The molecule has 1 aliphatic rings. The van der Waals surface area contributed by atoms with Gasteiger partial charge in [0, 0.05) is 18.2 Å². The Kier molecular flexibility index (Phi) is 6.21. The molecular formula is C13H15Cl2FN2O4S. The molecule has 1 aromatic rings. The van der Waals surface area contributed by atoms with E-state index in [4.69, 9.17) is 27.9 Å². The summed E-state index contributed by atoms with van der Waals surface area (Å²) in [5, 5.41) is -0.265. The second-order valence-corrected chi connectivity index (χ2v) is 7.75. The van der Waals surface area contributed by atoms with Crippen molar-refractivity contribution >= 4 is 39.1 Å². The Morgan fingerprint density at radius 2 is 1.96 bits per heavy atom. The molecule has 1 aliphatic heterocycles. The molecule has 1 amide bonds. The topological polar surface area (TPSA) is 84.5 Å². The zero-order valence-electron chi connectivity index (χ0n) is 11.9. The summed E-state index contributed by atoms with van der Waals surface area (Å²) in [6.07, 6.45) is 1.26. The maximum Gasteiger partial charge on any atom is 0.269 e. The Bertz CT molecular complexity index is 693. The third-order valence-electron chi connectivity index (χ3n) is 3.35. The first-order valence-corrected chi connectivity index (χ1v) is 9.21. The number of rotatable bonds is 5. The molecule has 0 saturated carbocycles. The number of carbonyl (C=O) groups excluding carboxylic acids is 1. The van der Waals surface area contributed by atoms with Crippen molar-refractivity contribution in [2.75, 3.05) is 19.0 Å². The smallest absolute Gasteiger partial charge is 0.269 e. The molecule has 1 fully saturated rings. The van der Waals surface area contributed by atoms with Gasteiger partial charge in [0.15, 0.2) is 5.82 Å². The van der Waals surface area contributed by atoms with Crippen LogP contribution in [0.25, 0.3) is 0 Å². The Balaban J connectivity index is 1.98. The maximum absolute atomic E-state index is 13.8. The van der Waals surface area contributed by atoms with Crippen molar-refractivity contribution < 1.29 is 22.3 Å². The number of hydrogen-bond acceptors (Lipinski definition) is 4. The second-order valence-electron chi connectivity index (χ2n) is 5.14. The third kappa shape index (κ3) is 5.29. The number of carbonyl (C=O) groups is 1. The van der Waals surface area contributed by atoms with E-state index in [0.717, 1.165) is 12.1 Å². The molecule has 0 bridgehead atoms. The van der Waals surface area contributed by atoms with E-state index in [0.29, 0.717) is 26.1 Å². The summed E-state index contributed by atoms with van der Waals surface area (Å²) < 4.78 is 42.8. The average molecular weight is 385 g/mol. The van der Waals surface area contributed by atoms with Gasteiger partial charge in [-0.15, -0.1) is 4.83 Å². The molecule has 0 radical (unpaired) electrons. The first kappa shape index (κ1) is 18.4. The highest BCUT2D eigenvalue weighted by molar-refractivity contribution is 7.89. The van der Waals surface area contributed by atoms with Gasteiger partial charge < -0.3 is 4.74 Å². The van der Waals surface area contributed by atoms with Crippen molar-refractivity contribution in [2.24, 2.45) is 5.92 Å². The van der Waals surface area contributed by atoms with E-state index in [1.54, 1.807) is 0 Å². The number of amides is 1. The van der Waals surface area contributed by atoms with Crippen molar-refractivity contribution in [2.45, 2.75) is 12.8 Å². The highest BCUT2D eigenvalue weighted by Crippen LogP contribution is 2.23. The summed E-state index contributed by atoms with van der Waals surface area (Å²) in [5.41, 5.74) is 1.51. The van der Waals surface area contributed by atoms with Gasteiger partial charge in [-0.05, 0) is 30.9 Å². The van der Waals surface area contributed by atoms with Crippen molar-refractivity contribution in [3.05, 3.63) is 33.6 Å². The standard InChI is InChI=1S/C13H15Cl2FN2O4S/c14-9-5-10(12(16)11(15)6-9)13(19)17-18-23(20,21)7-8-1-3-22-4-2-8/h5-6,8,18H,1-4,7H2,(H,17,19). The van der Waals surface area contributed by atoms with Gasteiger partial charge in [0.2, 0.25) is 10.0 Å². The van der Waals surface area contributed by atoms with Crippen LogP contribution in [0.4, 0.5) is 4.39 Å². The van der Waals surface area contributed by atoms with Gasteiger partial charge in [-0.2, -0.15) is 0 Å². The van der Waals surface area contributed by atoms with Gasteiger partial charge in [-0.3, -0.25) is 10.2 Å². The minimum Gasteiger partial charge on any atom is -0.381 e. The molecule has 23 heavy (non-hydrogen) atoms. The SMILES string of the molecule is O=C(NNS(=O)(=O)CC1CCOCC1)c1cc(Cl)cc(Cl)c1F. The van der Waals surface area contributed by atoms with Crippen LogP contribution in [-0.2, 0) is 14.8 Å². The third-order valence-corrected chi connectivity index (χ3v) is 5.17. The first-order chi connectivity index (χ1) is 10.8. The zero-order chi connectivity index (χ0) is 17.0. The lowest BCUT2D eigenvalue weighted by atomic mass is 10.0. The van der Waals surface area contributed by atoms with Gasteiger partial charge in [0.25, 0.3) is 5.91 Å². The van der Waals surface area contributed by atoms with Crippen LogP contribution in [0.5, 0.6) is 0 Å². The van der Waals surface area contributed by atoms with Gasteiger partial charge in [0.1, 0.15) is 0 Å². The Labute approximate surface area is 143 Å². The van der Waals surface area contributed by atoms with Crippen LogP contribution in [0.2, 0.25) is 10.0 Å². The number of sulfonamides is 1. The first-order valence-electron chi connectivity index (χ1n) is 6.80. The molecule has 1 aromatic carbocycles. The highest BCUT2D eigenvalue weighted by Gasteiger charge is 2.23. The lowest BCUT2D eigenvalue weighted by Gasteiger charge is -2.21. The van der Waals surface area contributed by atoms with E-state index in [-0.39, 0.29) is 21.7 Å². The number of ether oxygens (including phenoxy) is 1. The lowest BCUT2D eigenvalue weighted by molar-refractivity contribution is 0.0722. The number of benzene rings is 1. The Hall–Kier alpha value is -0.930. The van der Waals surface area contributed by atoms with Crippen LogP contribution in [0.15, 0.2) is 12.1 Å². The Morgan fingerprint density at radius 1 is 1.30 bits per heavy atom. The van der Waals surface area contributed by atoms with Gasteiger partial charge in [-0.25, -0.2) is 12.8 Å². The largest absolute Gasteiger partial charge is 0.381 e. The van der Waals surface area contributed by atoms with E-state index in [1.165, 1.54) is 0 Å². The molecule has 0 aromatic heterocycles. The fourth-order valence-corrected chi connectivity index (χ4v) is 3.96. The molecular weight excluding hydrogens is 370 g/mol. The lowest BCUT2D eigenvalue weighted by Crippen LogP contribution is -2.44. The molecule has 2 N–H and O–H groups in total. The predicted molar refractivity (Wildman–Crippen MR) is 84.4 cm³/mol. The molecule has 1 heterocycles. The molecule has 0 atom stereocenters. The van der Waals surface area contributed by atoms with Crippen molar-refractivity contribution in [1.29, 1.82) is 0 Å². The molecule has 1 saturated heterocycles. The summed E-state index contributed by atoms with van der Waals surface area (Å²) in [4.78, 5) is 13.8. The maximum atomic E-state index is 13.8. The van der Waals surface area contributed by atoms with Crippen LogP contribution in [0.3, 0.4) is 0 Å². The summed E-state index contributed by atoms with van der Waals surface area (Å²) in [6, 6.07) is 2.20. The fraction of sp³-hybridized carbons (Fsp3) is 0.462. The minimum absolute atomic E-state index is 0.0458. The van der Waals surface area contributed by atoms with Crippen LogP contribution >= 0.6 is 23.2 Å². The van der Waals surface area contributed by atoms with Crippen molar-refractivity contribution in [3.8, 4) is 0 Å². The fourth-order valence-electron chi connectivity index (χ4n) is 2.18. The van der Waals surface area contributed by atoms with Crippen LogP contribution in [0.1, 0.15) is 23.2 Å². The molecule has 0 unspecified atom stereocenters. The number of nitrogens with one attached hydrogen (secondary N) is 2. The summed E-state index contributed by atoms with van der Waals surface area (Å²) in [7, 11) is -3.74. The van der Waals surface area contributed by atoms with E-state index in [9.17, 15) is 17.6 Å². The van der Waals surface area contributed by atoms with E-state index >= 15 is 0 Å². The summed E-state index contributed by atoms with van der Waals surface area (Å²) in [5.74, 6) is -2.15. The Morgan fingerprint density at radius 3 is 2.61 bits per heavy atom. The minimum atomic E-state index is -3.74. The average Bonchev–Trinajstić information content (AvgIpc) is 2.49. The van der Waals surface area contributed by atoms with Gasteiger partial charge in [-0.1, -0.05) is 23.2 Å². The van der Waals surface area contributed by atoms with Crippen molar-refractivity contribution in [3.63, 3.8) is 0 Å². The molecule has 10 heteroatoms. The van der Waals surface area contributed by atoms with Crippen molar-refractivity contribution in [1.82, 2.24) is 10.3 Å². The number of halogens is 3. The van der Waals surface area contributed by atoms with E-state index < -0.39 is 27.3 Å². The van der Waals surface area contributed by atoms with Crippen LogP contribution in [0, 0.1) is 11.7 Å². The van der Waals surface area contributed by atoms with E-state index in [1.807, 2.05) is 10.3 Å². The van der Waals surface area contributed by atoms with Gasteiger partial charge in [0.05, 0.1) is 16.3 Å². The number of hydrazine groups is 1. The second kappa shape index (κ2) is 7.76. The monoisotopic (exact) mass is 384 g/mol. The molecule has 6 nitrogen and oxygen atoms in total.